The normalized spacial score (nSPS) is 11.1. The molecule has 0 radical (unpaired) electrons. The first-order valence-electron chi connectivity index (χ1n) is 6.54. The maximum absolute atomic E-state index is 11.8. The summed E-state index contributed by atoms with van der Waals surface area (Å²) in [6.45, 7) is 8.92. The Hall–Kier alpha value is -1.35. The third kappa shape index (κ3) is 3.57. The minimum Gasteiger partial charge on any atom is -0.324 e. The molecular formula is C15H24N2O. The highest BCUT2D eigenvalue weighted by Crippen LogP contribution is 2.32. The molecule has 1 aromatic carbocycles. The summed E-state index contributed by atoms with van der Waals surface area (Å²) in [6.07, 6.45) is 0. The highest BCUT2D eigenvalue weighted by molar-refractivity contribution is 5.94. The lowest BCUT2D eigenvalue weighted by Crippen LogP contribution is -2.26. The third-order valence-corrected chi connectivity index (χ3v) is 2.97. The summed E-state index contributed by atoms with van der Waals surface area (Å²) in [5.41, 5.74) is 3.39. The van der Waals surface area contributed by atoms with Gasteiger partial charge in [-0.1, -0.05) is 45.9 Å². The minimum absolute atomic E-state index is 0.00694. The zero-order valence-electron chi connectivity index (χ0n) is 12.0. The molecule has 0 aliphatic carbocycles. The second kappa shape index (κ2) is 6.55. The topological polar surface area (TPSA) is 41.1 Å². The van der Waals surface area contributed by atoms with Crippen molar-refractivity contribution in [2.24, 2.45) is 0 Å². The summed E-state index contributed by atoms with van der Waals surface area (Å²) in [5.74, 6) is 0.801. The maximum atomic E-state index is 11.8. The van der Waals surface area contributed by atoms with Crippen LogP contribution in [-0.4, -0.2) is 19.5 Å². The second-order valence-corrected chi connectivity index (χ2v) is 5.20. The molecule has 0 unspecified atom stereocenters. The summed E-state index contributed by atoms with van der Waals surface area (Å²) in [7, 11) is 1.78. The quantitative estimate of drug-likeness (QED) is 0.840. The average molecular weight is 248 g/mol. The molecule has 3 heteroatoms. The number of nitrogens with one attached hydrogen (secondary N) is 2. The molecular weight excluding hydrogens is 224 g/mol. The van der Waals surface area contributed by atoms with Crippen molar-refractivity contribution in [3.8, 4) is 0 Å². The van der Waals surface area contributed by atoms with E-state index in [-0.39, 0.29) is 5.91 Å². The fourth-order valence-electron chi connectivity index (χ4n) is 2.04. The lowest BCUT2D eigenvalue weighted by atomic mass is 9.92. The van der Waals surface area contributed by atoms with E-state index in [0.29, 0.717) is 18.4 Å². The molecule has 2 N–H and O–H groups in total. The summed E-state index contributed by atoms with van der Waals surface area (Å²) < 4.78 is 0. The Morgan fingerprint density at radius 3 is 2.00 bits per heavy atom. The van der Waals surface area contributed by atoms with Crippen LogP contribution >= 0.6 is 0 Å². The highest BCUT2D eigenvalue weighted by atomic mass is 16.1. The van der Waals surface area contributed by atoms with Crippen LogP contribution < -0.4 is 10.6 Å². The van der Waals surface area contributed by atoms with E-state index in [0.717, 1.165) is 5.69 Å². The van der Waals surface area contributed by atoms with Gasteiger partial charge in [0, 0.05) is 5.69 Å². The molecule has 0 aliphatic rings. The molecule has 0 aromatic heterocycles. The summed E-state index contributed by atoms with van der Waals surface area (Å²) >= 11 is 0. The number of likely N-dealkylation sites (N-methyl/N-ethyl adjacent to an activating group) is 1. The fraction of sp³-hybridized carbons (Fsp3) is 0.533. The molecule has 0 saturated carbocycles. The number of amides is 1. The fourth-order valence-corrected chi connectivity index (χ4v) is 2.04. The van der Waals surface area contributed by atoms with Gasteiger partial charge in [0.2, 0.25) is 5.91 Å². The van der Waals surface area contributed by atoms with E-state index in [2.05, 4.69) is 56.5 Å². The molecule has 0 bridgehead atoms. The Morgan fingerprint density at radius 1 is 1.11 bits per heavy atom. The predicted octanol–water partition coefficient (Wildman–Crippen LogP) is 3.09. The van der Waals surface area contributed by atoms with Crippen LogP contribution in [-0.2, 0) is 4.79 Å². The number of hydrogen-bond donors (Lipinski definition) is 2. The van der Waals surface area contributed by atoms with Gasteiger partial charge in [-0.3, -0.25) is 4.79 Å². The van der Waals surface area contributed by atoms with Crippen LogP contribution in [0.2, 0.25) is 0 Å². The van der Waals surface area contributed by atoms with E-state index in [1.807, 2.05) is 0 Å². The molecule has 0 atom stereocenters. The van der Waals surface area contributed by atoms with Gasteiger partial charge in [0.15, 0.2) is 0 Å². The first kappa shape index (κ1) is 14.7. The van der Waals surface area contributed by atoms with Crippen molar-refractivity contribution in [3.63, 3.8) is 0 Å². The van der Waals surface area contributed by atoms with E-state index in [9.17, 15) is 4.79 Å². The van der Waals surface area contributed by atoms with Crippen molar-refractivity contribution in [3.05, 3.63) is 29.3 Å². The van der Waals surface area contributed by atoms with E-state index >= 15 is 0 Å². The van der Waals surface area contributed by atoms with Gasteiger partial charge in [0.1, 0.15) is 0 Å². The van der Waals surface area contributed by atoms with Crippen molar-refractivity contribution in [2.45, 2.75) is 39.5 Å². The predicted molar refractivity (Wildman–Crippen MR) is 77.2 cm³/mol. The van der Waals surface area contributed by atoms with Gasteiger partial charge in [-0.25, -0.2) is 0 Å². The molecule has 18 heavy (non-hydrogen) atoms. The number of para-hydroxylation sites is 1. The number of carbonyl (C=O) groups excluding carboxylic acids is 1. The number of rotatable bonds is 5. The SMILES string of the molecule is CNCC(=O)Nc1c(C(C)C)cccc1C(C)C. The van der Waals surface area contributed by atoms with E-state index in [4.69, 9.17) is 0 Å². The lowest BCUT2D eigenvalue weighted by Gasteiger charge is -2.20. The van der Waals surface area contributed by atoms with Crippen molar-refractivity contribution < 1.29 is 4.79 Å². The van der Waals surface area contributed by atoms with Gasteiger partial charge in [0.05, 0.1) is 6.54 Å². The third-order valence-electron chi connectivity index (χ3n) is 2.97. The van der Waals surface area contributed by atoms with Crippen LogP contribution in [0.15, 0.2) is 18.2 Å². The van der Waals surface area contributed by atoms with Crippen LogP contribution in [0, 0.1) is 0 Å². The van der Waals surface area contributed by atoms with Crippen molar-refractivity contribution >= 4 is 11.6 Å². The van der Waals surface area contributed by atoms with Gasteiger partial charge in [-0.15, -0.1) is 0 Å². The molecule has 0 aliphatic heterocycles. The monoisotopic (exact) mass is 248 g/mol. The van der Waals surface area contributed by atoms with Gasteiger partial charge in [-0.05, 0) is 30.0 Å². The van der Waals surface area contributed by atoms with Gasteiger partial charge >= 0.3 is 0 Å². The van der Waals surface area contributed by atoms with Crippen LogP contribution in [0.4, 0.5) is 5.69 Å². The molecule has 3 nitrogen and oxygen atoms in total. The second-order valence-electron chi connectivity index (χ2n) is 5.20. The molecule has 1 aromatic rings. The Labute approximate surface area is 110 Å². The zero-order valence-corrected chi connectivity index (χ0v) is 12.0. The van der Waals surface area contributed by atoms with Gasteiger partial charge < -0.3 is 10.6 Å². The number of hydrogen-bond acceptors (Lipinski definition) is 2. The van der Waals surface area contributed by atoms with Gasteiger partial charge in [0.25, 0.3) is 0 Å². The highest BCUT2D eigenvalue weighted by Gasteiger charge is 2.15. The minimum atomic E-state index is 0.00694. The first-order valence-corrected chi connectivity index (χ1v) is 6.54. The van der Waals surface area contributed by atoms with E-state index in [1.54, 1.807) is 7.05 Å². The Morgan fingerprint density at radius 2 is 1.61 bits per heavy atom. The van der Waals surface area contributed by atoms with Crippen molar-refractivity contribution in [2.75, 3.05) is 18.9 Å². The Kier molecular flexibility index (Phi) is 5.35. The smallest absolute Gasteiger partial charge is 0.238 e. The Bertz CT molecular complexity index is 385. The van der Waals surface area contributed by atoms with Crippen LogP contribution in [0.5, 0.6) is 0 Å². The molecule has 0 saturated heterocycles. The average Bonchev–Trinajstić information content (AvgIpc) is 2.28. The Balaban J connectivity index is 3.14. The summed E-state index contributed by atoms with van der Waals surface area (Å²) in [4.78, 5) is 11.8. The van der Waals surface area contributed by atoms with E-state index < -0.39 is 0 Å². The maximum Gasteiger partial charge on any atom is 0.238 e. The lowest BCUT2D eigenvalue weighted by molar-refractivity contribution is -0.115. The molecule has 0 heterocycles. The van der Waals surface area contributed by atoms with E-state index in [1.165, 1.54) is 11.1 Å². The van der Waals surface area contributed by atoms with Crippen LogP contribution in [0.3, 0.4) is 0 Å². The van der Waals surface area contributed by atoms with Gasteiger partial charge in [-0.2, -0.15) is 0 Å². The first-order chi connectivity index (χ1) is 8.47. The molecule has 0 spiro atoms. The molecule has 1 amide bonds. The number of benzene rings is 1. The molecule has 1 rings (SSSR count). The van der Waals surface area contributed by atoms with Crippen molar-refractivity contribution in [1.82, 2.24) is 5.32 Å². The molecule has 0 fully saturated rings. The van der Waals surface area contributed by atoms with Crippen molar-refractivity contribution in [1.29, 1.82) is 0 Å². The summed E-state index contributed by atoms with van der Waals surface area (Å²) in [6, 6.07) is 6.25. The largest absolute Gasteiger partial charge is 0.324 e. The zero-order chi connectivity index (χ0) is 13.7. The standard InChI is InChI=1S/C15H24N2O/c1-10(2)12-7-6-8-13(11(3)4)15(12)17-14(18)9-16-5/h6-8,10-11,16H,9H2,1-5H3,(H,17,18). The number of anilines is 1. The number of carbonyl (C=O) groups is 1. The summed E-state index contributed by atoms with van der Waals surface area (Å²) in [5, 5.41) is 5.91. The van der Waals surface area contributed by atoms with Crippen LogP contribution in [0.25, 0.3) is 0 Å². The van der Waals surface area contributed by atoms with Crippen LogP contribution in [0.1, 0.15) is 50.7 Å². The molecule has 100 valence electrons.